The Kier molecular flexibility index (Phi) is 7.51. The van der Waals surface area contributed by atoms with E-state index in [-0.39, 0.29) is 17.8 Å². The lowest BCUT2D eigenvalue weighted by Crippen LogP contribution is -2.61. The average molecular weight is 547 g/mol. The van der Waals surface area contributed by atoms with Gasteiger partial charge in [0.2, 0.25) is 12.0 Å². The summed E-state index contributed by atoms with van der Waals surface area (Å²) >= 11 is 0. The maximum atomic E-state index is 11.5. The molecule has 39 heavy (non-hydrogen) atoms. The van der Waals surface area contributed by atoms with E-state index < -0.39 is 36.7 Å². The minimum atomic E-state index is -1.81. The number of ether oxygens (including phenoxy) is 6. The highest BCUT2D eigenvalue weighted by Crippen LogP contribution is 2.57. The molecule has 2 aromatic rings. The van der Waals surface area contributed by atoms with Gasteiger partial charge in [0.25, 0.3) is 0 Å². The molecule has 1 saturated heterocycles. The van der Waals surface area contributed by atoms with Crippen molar-refractivity contribution in [3.8, 4) is 28.7 Å². The SMILES string of the molecule is COc1ccc2c(c1OC)O[C@H]1c3c(CCC(C)C)cc(O[C@@H]4O[C@H](C(=O)O)[C@@H](O)[C@H](O)[C@H]4O)cc3OC[C@@H]21. The number of rotatable bonds is 8. The molecule has 212 valence electrons. The summed E-state index contributed by atoms with van der Waals surface area (Å²) in [7, 11) is 3.14. The Balaban J connectivity index is 1.50. The quantitative estimate of drug-likeness (QED) is 0.385. The maximum absolute atomic E-state index is 11.5. The lowest BCUT2D eigenvalue weighted by Gasteiger charge is -2.38. The van der Waals surface area contributed by atoms with Crippen LogP contribution >= 0.6 is 0 Å². The Morgan fingerprint density at radius 1 is 1.08 bits per heavy atom. The zero-order valence-corrected chi connectivity index (χ0v) is 22.2. The largest absolute Gasteiger partial charge is 0.493 e. The van der Waals surface area contributed by atoms with Gasteiger partial charge in [-0.05, 0) is 36.5 Å². The molecule has 3 heterocycles. The molecule has 0 amide bonds. The van der Waals surface area contributed by atoms with E-state index in [2.05, 4.69) is 13.8 Å². The van der Waals surface area contributed by atoms with Crippen molar-refractivity contribution in [2.45, 2.75) is 69.4 Å². The maximum Gasteiger partial charge on any atom is 0.335 e. The number of hydrogen-bond donors (Lipinski definition) is 4. The van der Waals surface area contributed by atoms with E-state index in [0.717, 1.165) is 23.1 Å². The first-order chi connectivity index (χ1) is 18.6. The summed E-state index contributed by atoms with van der Waals surface area (Å²) in [6.07, 6.45) is -7.33. The molecule has 3 aliphatic heterocycles. The number of aliphatic carboxylic acids is 1. The van der Waals surface area contributed by atoms with Crippen LogP contribution in [0.2, 0.25) is 0 Å². The predicted molar refractivity (Wildman–Crippen MR) is 136 cm³/mol. The first-order valence-corrected chi connectivity index (χ1v) is 12.9. The van der Waals surface area contributed by atoms with Crippen molar-refractivity contribution < 1.29 is 53.6 Å². The van der Waals surface area contributed by atoms with Gasteiger partial charge in [-0.3, -0.25) is 0 Å². The molecule has 0 radical (unpaired) electrons. The second kappa shape index (κ2) is 10.7. The average Bonchev–Trinajstić information content (AvgIpc) is 3.29. The van der Waals surface area contributed by atoms with Gasteiger partial charge in [0, 0.05) is 17.2 Å². The number of carbonyl (C=O) groups is 1. The van der Waals surface area contributed by atoms with E-state index in [1.54, 1.807) is 26.4 Å². The van der Waals surface area contributed by atoms with Crippen molar-refractivity contribution in [2.24, 2.45) is 5.92 Å². The van der Waals surface area contributed by atoms with E-state index in [1.165, 1.54) is 0 Å². The zero-order valence-electron chi connectivity index (χ0n) is 22.2. The molecular weight excluding hydrogens is 512 g/mol. The second-order valence-electron chi connectivity index (χ2n) is 10.5. The zero-order chi connectivity index (χ0) is 28.0. The van der Waals surface area contributed by atoms with Crippen molar-refractivity contribution in [2.75, 3.05) is 20.8 Å². The molecule has 2 aromatic carbocycles. The van der Waals surface area contributed by atoms with Crippen LogP contribution in [-0.4, -0.2) is 77.9 Å². The van der Waals surface area contributed by atoms with Gasteiger partial charge in [0.15, 0.2) is 17.6 Å². The minimum absolute atomic E-state index is 0.0756. The molecule has 5 rings (SSSR count). The fraction of sp³-hybridized carbons (Fsp3) is 0.536. The summed E-state index contributed by atoms with van der Waals surface area (Å²) in [6.45, 7) is 4.58. The second-order valence-corrected chi connectivity index (χ2v) is 10.5. The van der Waals surface area contributed by atoms with Crippen LogP contribution in [0.15, 0.2) is 24.3 Å². The molecule has 3 aliphatic rings. The number of hydrogen-bond acceptors (Lipinski definition) is 10. The summed E-state index contributed by atoms with van der Waals surface area (Å²) in [6, 6.07) is 7.24. The van der Waals surface area contributed by atoms with Gasteiger partial charge in [-0.15, -0.1) is 0 Å². The molecule has 0 unspecified atom stereocenters. The first kappa shape index (κ1) is 27.3. The lowest BCUT2D eigenvalue weighted by atomic mass is 9.85. The Bertz CT molecular complexity index is 1230. The van der Waals surface area contributed by atoms with Gasteiger partial charge in [0.1, 0.15) is 35.9 Å². The van der Waals surface area contributed by atoms with Gasteiger partial charge in [-0.1, -0.05) is 19.9 Å². The first-order valence-electron chi connectivity index (χ1n) is 12.9. The summed E-state index contributed by atoms with van der Waals surface area (Å²) in [5.41, 5.74) is 2.75. The van der Waals surface area contributed by atoms with Gasteiger partial charge in [0.05, 0.1) is 26.7 Å². The summed E-state index contributed by atoms with van der Waals surface area (Å²) in [4.78, 5) is 11.5. The summed E-state index contributed by atoms with van der Waals surface area (Å²) in [5.74, 6) is 1.35. The third kappa shape index (κ3) is 4.84. The van der Waals surface area contributed by atoms with Crippen LogP contribution in [0, 0.1) is 5.92 Å². The number of carboxylic acid groups (broad SMARTS) is 1. The topological polar surface area (TPSA) is 153 Å². The molecule has 0 saturated carbocycles. The van der Waals surface area contributed by atoms with Crippen LogP contribution in [0.5, 0.6) is 28.7 Å². The molecule has 0 aliphatic carbocycles. The van der Waals surface area contributed by atoms with Gasteiger partial charge in [-0.2, -0.15) is 0 Å². The number of methoxy groups -OCH3 is 2. The van der Waals surface area contributed by atoms with E-state index in [9.17, 15) is 25.2 Å². The minimum Gasteiger partial charge on any atom is -0.493 e. The highest BCUT2D eigenvalue weighted by atomic mass is 16.7. The fourth-order valence-electron chi connectivity index (χ4n) is 5.42. The van der Waals surface area contributed by atoms with Crippen molar-refractivity contribution in [1.82, 2.24) is 0 Å². The number of benzene rings is 2. The lowest BCUT2D eigenvalue weighted by molar-refractivity contribution is -0.271. The van der Waals surface area contributed by atoms with Crippen LogP contribution < -0.4 is 23.7 Å². The van der Waals surface area contributed by atoms with Crippen molar-refractivity contribution >= 4 is 5.97 Å². The Labute approximate surface area is 225 Å². The Hall–Kier alpha value is -3.25. The Morgan fingerprint density at radius 2 is 1.85 bits per heavy atom. The monoisotopic (exact) mass is 546 g/mol. The number of carboxylic acids is 1. The Morgan fingerprint density at radius 3 is 2.51 bits per heavy atom. The van der Waals surface area contributed by atoms with E-state index >= 15 is 0 Å². The molecule has 11 nitrogen and oxygen atoms in total. The summed E-state index contributed by atoms with van der Waals surface area (Å²) < 4.78 is 34.9. The third-order valence-electron chi connectivity index (χ3n) is 7.50. The molecule has 0 aromatic heterocycles. The van der Waals surface area contributed by atoms with Crippen molar-refractivity contribution in [3.05, 3.63) is 41.0 Å². The van der Waals surface area contributed by atoms with Gasteiger partial charge >= 0.3 is 5.97 Å². The van der Waals surface area contributed by atoms with Gasteiger partial charge < -0.3 is 48.8 Å². The number of fused-ring (bicyclic) bond motifs is 5. The smallest absolute Gasteiger partial charge is 0.335 e. The molecular formula is C28H34O11. The van der Waals surface area contributed by atoms with Crippen LogP contribution in [0.25, 0.3) is 0 Å². The number of aliphatic hydroxyl groups is 3. The molecule has 7 atom stereocenters. The predicted octanol–water partition coefficient (Wildman–Crippen LogP) is 2.17. The highest BCUT2D eigenvalue weighted by molar-refractivity contribution is 5.73. The summed E-state index contributed by atoms with van der Waals surface area (Å²) in [5, 5.41) is 40.0. The van der Waals surface area contributed by atoms with Crippen LogP contribution in [-0.2, 0) is 16.0 Å². The standard InChI is InChI=1S/C28H34O11/c1-12(2)5-6-13-9-14(37-28-22(31)20(29)21(30)26(39-28)27(32)33)10-18-19(13)23-16(11-36-18)15-7-8-17(34-3)25(35-4)24(15)38-23/h7-10,12,16,20-23,26,28-31H,5-6,11H2,1-4H3,(H,32,33)/t16-,20-,21-,22+,23+,26-,28+/m0/s1. The van der Waals surface area contributed by atoms with Crippen molar-refractivity contribution in [3.63, 3.8) is 0 Å². The van der Waals surface area contributed by atoms with Crippen LogP contribution in [0.1, 0.15) is 49.0 Å². The molecule has 0 bridgehead atoms. The van der Waals surface area contributed by atoms with Crippen LogP contribution in [0.4, 0.5) is 0 Å². The van der Waals surface area contributed by atoms with Gasteiger partial charge in [-0.25, -0.2) is 4.79 Å². The normalized spacial score (nSPS) is 29.0. The van der Waals surface area contributed by atoms with E-state index in [0.29, 0.717) is 41.9 Å². The van der Waals surface area contributed by atoms with E-state index in [4.69, 9.17) is 28.4 Å². The van der Waals surface area contributed by atoms with Crippen molar-refractivity contribution in [1.29, 1.82) is 0 Å². The third-order valence-corrected chi connectivity index (χ3v) is 7.50. The number of aliphatic hydroxyl groups excluding tert-OH is 3. The number of aryl methyl sites for hydroxylation is 1. The molecule has 11 heteroatoms. The van der Waals surface area contributed by atoms with E-state index in [1.807, 2.05) is 12.1 Å². The molecule has 4 N–H and O–H groups in total. The van der Waals surface area contributed by atoms with Crippen LogP contribution in [0.3, 0.4) is 0 Å². The fourth-order valence-corrected chi connectivity index (χ4v) is 5.42. The molecule has 1 fully saturated rings. The molecule has 0 spiro atoms. The highest BCUT2D eigenvalue weighted by Gasteiger charge is 2.49.